The van der Waals surface area contributed by atoms with E-state index in [-0.39, 0.29) is 5.75 Å². The molecule has 0 spiro atoms. The second kappa shape index (κ2) is 9.27. The highest BCUT2D eigenvalue weighted by Gasteiger charge is 2.31. The van der Waals surface area contributed by atoms with Gasteiger partial charge in [-0.2, -0.15) is 0 Å². The van der Waals surface area contributed by atoms with E-state index in [2.05, 4.69) is 15.0 Å². The number of fused-ring (bicyclic) bond motifs is 1. The number of nitrogens with two attached hydrogens (primary N) is 1. The summed E-state index contributed by atoms with van der Waals surface area (Å²) in [6.45, 7) is 0. The minimum atomic E-state index is -4.78. The number of pyridine rings is 1. The average Bonchev–Trinajstić information content (AvgIpc) is 3.14. The molecule has 2 aromatic heterocycles. The van der Waals surface area contributed by atoms with Gasteiger partial charge in [-0.3, -0.25) is 0 Å². The van der Waals surface area contributed by atoms with Crippen LogP contribution in [0.1, 0.15) is 11.1 Å². The number of hydrogen-bond donors (Lipinski definition) is 3. The molecule has 0 aliphatic heterocycles. The molecule has 4 rings (SSSR count). The Kier molecular flexibility index (Phi) is 6.40. The lowest BCUT2D eigenvalue weighted by molar-refractivity contribution is -0.274. The maximum absolute atomic E-state index is 12.3. The molecule has 0 aliphatic carbocycles. The molecule has 178 valence electrons. The highest BCUT2D eigenvalue weighted by atomic mass is 32.1. The molecule has 34 heavy (non-hydrogen) atoms. The van der Waals surface area contributed by atoms with E-state index < -0.39 is 12.6 Å². The Bertz CT molecular complexity index is 1310. The van der Waals surface area contributed by atoms with Gasteiger partial charge in [-0.25, -0.2) is 4.98 Å². The second-order valence-electron chi connectivity index (χ2n) is 7.12. The number of nitrogen functional groups attached to an aromatic ring is 1. The molecule has 0 aliphatic rings. The van der Waals surface area contributed by atoms with Gasteiger partial charge < -0.3 is 30.4 Å². The van der Waals surface area contributed by atoms with Crippen LogP contribution < -0.4 is 25.3 Å². The molecule has 0 radical (unpaired) electrons. The van der Waals surface area contributed by atoms with Crippen LogP contribution >= 0.6 is 11.3 Å². The summed E-state index contributed by atoms with van der Waals surface area (Å²) in [5, 5.41) is 14.2. The van der Waals surface area contributed by atoms with Crippen molar-refractivity contribution in [1.82, 2.24) is 4.98 Å². The van der Waals surface area contributed by atoms with E-state index in [0.29, 0.717) is 43.7 Å². The van der Waals surface area contributed by atoms with Gasteiger partial charge in [0.1, 0.15) is 10.6 Å². The van der Waals surface area contributed by atoms with Gasteiger partial charge in [0.15, 0.2) is 17.7 Å². The van der Waals surface area contributed by atoms with Crippen molar-refractivity contribution in [1.29, 1.82) is 0 Å². The minimum absolute atomic E-state index is 0.360. The van der Waals surface area contributed by atoms with E-state index in [4.69, 9.17) is 15.2 Å². The van der Waals surface area contributed by atoms with Gasteiger partial charge in [-0.1, -0.05) is 0 Å². The number of rotatable bonds is 7. The Balaban J connectivity index is 1.57. The molecule has 1 atom stereocenters. The molecule has 1 unspecified atom stereocenters. The van der Waals surface area contributed by atoms with Crippen molar-refractivity contribution in [2.24, 2.45) is 0 Å². The predicted molar refractivity (Wildman–Crippen MR) is 124 cm³/mol. The normalized spacial score (nSPS) is 12.4. The molecular formula is C23H20F3N3O4S. The van der Waals surface area contributed by atoms with Gasteiger partial charge in [-0.15, -0.1) is 24.5 Å². The SMILES string of the molecule is COc1ccc(-c2ccc3c(N)c(C(O)Nc4ccc(OC(F)(F)F)cc4)sc3n2)cc1OC. The number of anilines is 2. The highest BCUT2D eigenvalue weighted by molar-refractivity contribution is 7.19. The van der Waals surface area contributed by atoms with Gasteiger partial charge >= 0.3 is 6.36 Å². The number of hydrogen-bond acceptors (Lipinski definition) is 8. The summed E-state index contributed by atoms with van der Waals surface area (Å²) in [5.41, 5.74) is 8.50. The first-order chi connectivity index (χ1) is 16.2. The van der Waals surface area contributed by atoms with Gasteiger partial charge in [0.2, 0.25) is 0 Å². The standard InChI is InChI=1S/C23H20F3N3O4S/c1-31-17-10-3-12(11-18(17)32-2)16-9-8-15-19(27)20(34-22(15)29-16)21(30)28-13-4-6-14(7-5-13)33-23(24,25)26/h3-11,21,28,30H,27H2,1-2H3. The monoisotopic (exact) mass is 491 g/mol. The summed E-state index contributed by atoms with van der Waals surface area (Å²) < 4.78 is 51.4. The Morgan fingerprint density at radius 1 is 1.00 bits per heavy atom. The number of ether oxygens (including phenoxy) is 3. The molecular weight excluding hydrogens is 471 g/mol. The fourth-order valence-electron chi connectivity index (χ4n) is 3.35. The quantitative estimate of drug-likeness (QED) is 0.291. The van der Waals surface area contributed by atoms with Crippen molar-refractivity contribution in [3.63, 3.8) is 0 Å². The third-order valence-electron chi connectivity index (χ3n) is 4.94. The van der Waals surface area contributed by atoms with Gasteiger partial charge in [-0.05, 0) is 54.6 Å². The van der Waals surface area contributed by atoms with Crippen LogP contribution in [0.15, 0.2) is 54.6 Å². The van der Waals surface area contributed by atoms with Crippen LogP contribution in [0.4, 0.5) is 24.5 Å². The van der Waals surface area contributed by atoms with Gasteiger partial charge in [0, 0.05) is 16.6 Å². The van der Waals surface area contributed by atoms with E-state index >= 15 is 0 Å². The number of aliphatic hydroxyl groups is 1. The maximum Gasteiger partial charge on any atom is 0.573 e. The number of halogens is 3. The van der Waals surface area contributed by atoms with Crippen LogP contribution in [-0.2, 0) is 0 Å². The fourth-order valence-corrected chi connectivity index (χ4v) is 4.38. The summed E-state index contributed by atoms with van der Waals surface area (Å²) in [5.74, 6) is 0.808. The lowest BCUT2D eigenvalue weighted by Gasteiger charge is -2.14. The van der Waals surface area contributed by atoms with Gasteiger partial charge in [0.25, 0.3) is 0 Å². The Morgan fingerprint density at radius 2 is 1.71 bits per heavy atom. The molecule has 11 heteroatoms. The van der Waals surface area contributed by atoms with Crippen molar-refractivity contribution in [2.75, 3.05) is 25.3 Å². The summed E-state index contributed by atoms with van der Waals surface area (Å²) in [7, 11) is 3.11. The first kappa shape index (κ1) is 23.5. The van der Waals surface area contributed by atoms with Crippen molar-refractivity contribution in [2.45, 2.75) is 12.6 Å². The summed E-state index contributed by atoms with van der Waals surface area (Å²) in [6, 6.07) is 14.1. The number of nitrogens with zero attached hydrogens (tertiary/aromatic N) is 1. The van der Waals surface area contributed by atoms with Crippen LogP contribution in [0, 0.1) is 0 Å². The maximum atomic E-state index is 12.3. The zero-order valence-corrected chi connectivity index (χ0v) is 18.8. The zero-order valence-electron chi connectivity index (χ0n) is 18.0. The smallest absolute Gasteiger partial charge is 0.493 e. The number of benzene rings is 2. The number of aromatic nitrogens is 1. The van der Waals surface area contributed by atoms with Crippen molar-refractivity contribution in [3.8, 4) is 28.5 Å². The molecule has 4 N–H and O–H groups in total. The topological polar surface area (TPSA) is 98.9 Å². The predicted octanol–water partition coefficient (Wildman–Crippen LogP) is 5.56. The first-order valence-electron chi connectivity index (χ1n) is 9.90. The van der Waals surface area contributed by atoms with Crippen molar-refractivity contribution >= 4 is 32.9 Å². The number of thiophene rings is 1. The molecule has 0 saturated heterocycles. The number of alkyl halides is 3. The Hall–Kier alpha value is -3.70. The second-order valence-corrected chi connectivity index (χ2v) is 8.15. The molecule has 0 amide bonds. The molecule has 0 bridgehead atoms. The first-order valence-corrected chi connectivity index (χ1v) is 10.7. The fraction of sp³-hybridized carbons (Fsp3) is 0.174. The van der Waals surface area contributed by atoms with Gasteiger partial charge in [0.05, 0.1) is 30.5 Å². The number of nitrogens with one attached hydrogen (secondary N) is 1. The van der Waals surface area contributed by atoms with E-state index in [1.807, 2.05) is 24.3 Å². The van der Waals surface area contributed by atoms with Crippen LogP contribution in [0.3, 0.4) is 0 Å². The third-order valence-corrected chi connectivity index (χ3v) is 6.11. The lowest BCUT2D eigenvalue weighted by atomic mass is 10.1. The molecule has 4 aromatic rings. The van der Waals surface area contributed by atoms with E-state index in [1.54, 1.807) is 20.3 Å². The Morgan fingerprint density at radius 3 is 2.35 bits per heavy atom. The van der Waals surface area contributed by atoms with E-state index in [0.717, 1.165) is 17.7 Å². The summed E-state index contributed by atoms with van der Waals surface area (Å²) in [6.07, 6.45) is -5.97. The van der Waals surface area contributed by atoms with Crippen LogP contribution in [-0.4, -0.2) is 30.7 Å². The highest BCUT2D eigenvalue weighted by Crippen LogP contribution is 2.39. The lowest BCUT2D eigenvalue weighted by Crippen LogP contribution is -2.17. The summed E-state index contributed by atoms with van der Waals surface area (Å²) >= 11 is 1.21. The van der Waals surface area contributed by atoms with E-state index in [1.165, 1.54) is 23.5 Å². The van der Waals surface area contributed by atoms with Crippen LogP contribution in [0.2, 0.25) is 0 Å². The zero-order chi connectivity index (χ0) is 24.5. The number of aliphatic hydroxyl groups excluding tert-OH is 1. The van der Waals surface area contributed by atoms with Crippen molar-refractivity contribution in [3.05, 3.63) is 59.5 Å². The average molecular weight is 491 g/mol. The third kappa shape index (κ3) is 4.95. The van der Waals surface area contributed by atoms with E-state index in [9.17, 15) is 18.3 Å². The summed E-state index contributed by atoms with van der Waals surface area (Å²) in [4.78, 5) is 5.73. The largest absolute Gasteiger partial charge is 0.573 e. The molecule has 0 saturated carbocycles. The number of methoxy groups -OCH3 is 2. The molecule has 0 fully saturated rings. The van der Waals surface area contributed by atoms with Crippen LogP contribution in [0.25, 0.3) is 21.5 Å². The molecule has 7 nitrogen and oxygen atoms in total. The van der Waals surface area contributed by atoms with Crippen molar-refractivity contribution < 1.29 is 32.5 Å². The van der Waals surface area contributed by atoms with Crippen LogP contribution in [0.5, 0.6) is 17.2 Å². The molecule has 2 aromatic carbocycles. The molecule has 2 heterocycles. The minimum Gasteiger partial charge on any atom is -0.493 e. The Labute approximate surface area is 196 Å².